The molecule has 142 valence electrons. The van der Waals surface area contributed by atoms with Crippen molar-refractivity contribution >= 4 is 17.3 Å². The summed E-state index contributed by atoms with van der Waals surface area (Å²) in [6.07, 6.45) is 3.41. The molecular weight excluding hydrogens is 332 g/mol. The molecule has 2 fully saturated rings. The van der Waals surface area contributed by atoms with E-state index in [0.29, 0.717) is 18.6 Å². The second kappa shape index (κ2) is 8.03. The van der Waals surface area contributed by atoms with Gasteiger partial charge in [0.1, 0.15) is 0 Å². The lowest BCUT2D eigenvalue weighted by Crippen LogP contribution is -2.54. The highest BCUT2D eigenvalue weighted by molar-refractivity contribution is 5.79. The van der Waals surface area contributed by atoms with Crippen molar-refractivity contribution in [3.8, 4) is 0 Å². The molecule has 2 aliphatic heterocycles. The molecule has 2 atom stereocenters. The lowest BCUT2D eigenvalue weighted by atomic mass is 9.97. The number of rotatable bonds is 4. The molecule has 2 aliphatic rings. The predicted octanol–water partition coefficient (Wildman–Crippen LogP) is 2.51. The number of piperazine rings is 1. The molecule has 0 bridgehead atoms. The van der Waals surface area contributed by atoms with Crippen LogP contribution in [0.1, 0.15) is 33.1 Å². The average Bonchev–Trinajstić information content (AvgIpc) is 2.62. The van der Waals surface area contributed by atoms with Crippen LogP contribution in [-0.4, -0.2) is 65.4 Å². The van der Waals surface area contributed by atoms with Crippen molar-refractivity contribution < 1.29 is 9.72 Å². The van der Waals surface area contributed by atoms with Crippen LogP contribution in [0, 0.1) is 10.1 Å². The molecule has 7 nitrogen and oxygen atoms in total. The Morgan fingerprint density at radius 3 is 2.19 bits per heavy atom. The van der Waals surface area contributed by atoms with Gasteiger partial charge in [0.15, 0.2) is 0 Å². The molecule has 1 aromatic carbocycles. The molecule has 1 amide bonds. The maximum atomic E-state index is 12.7. The number of nitrogens with zero attached hydrogens (tertiary/aromatic N) is 4. The highest BCUT2D eigenvalue weighted by Gasteiger charge is 2.30. The van der Waals surface area contributed by atoms with E-state index in [9.17, 15) is 14.9 Å². The van der Waals surface area contributed by atoms with E-state index < -0.39 is 0 Å². The third-order valence-electron chi connectivity index (χ3n) is 5.64. The van der Waals surface area contributed by atoms with E-state index in [-0.39, 0.29) is 16.5 Å². The fraction of sp³-hybridized carbons (Fsp3) is 0.632. The maximum Gasteiger partial charge on any atom is 0.269 e. The SMILES string of the molecule is C[C@H]1CCC[C@H](C)N1C(=O)CN1CCN(c2ccc([N+](=O)[O-])cc2)CC1. The summed E-state index contributed by atoms with van der Waals surface area (Å²) in [6, 6.07) is 7.38. The van der Waals surface area contributed by atoms with Gasteiger partial charge in [-0.15, -0.1) is 0 Å². The minimum absolute atomic E-state index is 0.114. The summed E-state index contributed by atoms with van der Waals surface area (Å²) in [5, 5.41) is 10.8. The van der Waals surface area contributed by atoms with E-state index in [1.807, 2.05) is 0 Å². The van der Waals surface area contributed by atoms with Crippen LogP contribution in [0.15, 0.2) is 24.3 Å². The van der Waals surface area contributed by atoms with Gasteiger partial charge >= 0.3 is 0 Å². The van der Waals surface area contributed by atoms with Crippen LogP contribution in [0.4, 0.5) is 11.4 Å². The standard InChI is InChI=1S/C19H28N4O3/c1-15-4-3-5-16(2)22(15)19(24)14-20-10-12-21(13-11-20)17-6-8-18(9-7-17)23(25)26/h6-9,15-16H,3-5,10-14H2,1-2H3/t15-,16-/m0/s1. The first-order valence-corrected chi connectivity index (χ1v) is 9.48. The summed E-state index contributed by atoms with van der Waals surface area (Å²) < 4.78 is 0. The Bertz CT molecular complexity index is 631. The zero-order valence-corrected chi connectivity index (χ0v) is 15.6. The van der Waals surface area contributed by atoms with Gasteiger partial charge < -0.3 is 9.80 Å². The van der Waals surface area contributed by atoms with Crippen molar-refractivity contribution in [1.82, 2.24) is 9.80 Å². The fourth-order valence-electron chi connectivity index (χ4n) is 4.14. The lowest BCUT2D eigenvalue weighted by molar-refractivity contribution is -0.384. The fourth-order valence-corrected chi connectivity index (χ4v) is 4.14. The smallest absolute Gasteiger partial charge is 0.269 e. The number of hydrogen-bond donors (Lipinski definition) is 0. The van der Waals surface area contributed by atoms with Gasteiger partial charge in [-0.25, -0.2) is 0 Å². The summed E-state index contributed by atoms with van der Waals surface area (Å²) in [5.74, 6) is 0.244. The summed E-state index contributed by atoms with van der Waals surface area (Å²) in [6.45, 7) is 8.12. The van der Waals surface area contributed by atoms with Crippen LogP contribution in [0.2, 0.25) is 0 Å². The van der Waals surface area contributed by atoms with E-state index in [0.717, 1.165) is 44.7 Å². The normalized spacial score (nSPS) is 24.5. The highest BCUT2D eigenvalue weighted by atomic mass is 16.6. The van der Waals surface area contributed by atoms with Crippen molar-refractivity contribution in [2.24, 2.45) is 0 Å². The molecule has 0 N–H and O–H groups in total. The van der Waals surface area contributed by atoms with Gasteiger partial charge in [-0.05, 0) is 45.2 Å². The average molecular weight is 360 g/mol. The van der Waals surface area contributed by atoms with Gasteiger partial charge in [-0.1, -0.05) is 0 Å². The molecule has 0 radical (unpaired) electrons. The van der Waals surface area contributed by atoms with Crippen LogP contribution in [0.5, 0.6) is 0 Å². The monoisotopic (exact) mass is 360 g/mol. The Hall–Kier alpha value is -2.15. The third kappa shape index (κ3) is 4.15. The van der Waals surface area contributed by atoms with E-state index in [1.54, 1.807) is 24.3 Å². The lowest BCUT2D eigenvalue weighted by Gasteiger charge is -2.41. The second-order valence-corrected chi connectivity index (χ2v) is 7.47. The van der Waals surface area contributed by atoms with Gasteiger partial charge in [-0.2, -0.15) is 0 Å². The minimum Gasteiger partial charge on any atom is -0.369 e. The van der Waals surface area contributed by atoms with Crippen LogP contribution < -0.4 is 4.90 Å². The first kappa shape index (κ1) is 18.6. The zero-order chi connectivity index (χ0) is 18.7. The van der Waals surface area contributed by atoms with Crippen molar-refractivity contribution in [2.75, 3.05) is 37.6 Å². The first-order valence-electron chi connectivity index (χ1n) is 9.48. The molecule has 2 heterocycles. The molecule has 1 aromatic rings. The number of piperidine rings is 1. The number of hydrogen-bond acceptors (Lipinski definition) is 5. The zero-order valence-electron chi connectivity index (χ0n) is 15.6. The molecule has 3 rings (SSSR count). The highest BCUT2D eigenvalue weighted by Crippen LogP contribution is 2.23. The van der Waals surface area contributed by atoms with Crippen LogP contribution in [0.3, 0.4) is 0 Å². The molecule has 0 unspecified atom stereocenters. The maximum absolute atomic E-state index is 12.7. The molecule has 7 heteroatoms. The van der Waals surface area contributed by atoms with Gasteiger partial charge in [0.05, 0.1) is 11.5 Å². The van der Waals surface area contributed by atoms with E-state index in [4.69, 9.17) is 0 Å². The van der Waals surface area contributed by atoms with Crippen LogP contribution in [0.25, 0.3) is 0 Å². The Morgan fingerprint density at radius 1 is 1.08 bits per heavy atom. The molecule has 0 saturated carbocycles. The topological polar surface area (TPSA) is 69.9 Å². The molecule has 2 saturated heterocycles. The summed E-state index contributed by atoms with van der Waals surface area (Å²) in [5.41, 5.74) is 1.11. The van der Waals surface area contributed by atoms with E-state index >= 15 is 0 Å². The quantitative estimate of drug-likeness (QED) is 0.609. The summed E-state index contributed by atoms with van der Waals surface area (Å²) >= 11 is 0. The second-order valence-electron chi connectivity index (χ2n) is 7.47. The molecule has 26 heavy (non-hydrogen) atoms. The number of amides is 1. The molecule has 0 spiro atoms. The summed E-state index contributed by atoms with van der Waals surface area (Å²) in [7, 11) is 0. The molecule has 0 aliphatic carbocycles. The number of nitro groups is 1. The number of carbonyl (C=O) groups excluding carboxylic acids is 1. The van der Waals surface area contributed by atoms with Gasteiger partial charge in [0, 0.05) is 56.1 Å². The Labute approximate surface area is 154 Å². The van der Waals surface area contributed by atoms with E-state index in [1.165, 1.54) is 6.42 Å². The van der Waals surface area contributed by atoms with Crippen molar-refractivity contribution in [3.05, 3.63) is 34.4 Å². The predicted molar refractivity (Wildman–Crippen MR) is 101 cm³/mol. The van der Waals surface area contributed by atoms with Crippen LogP contribution >= 0.6 is 0 Å². The number of non-ortho nitro benzene ring substituents is 1. The number of benzene rings is 1. The van der Waals surface area contributed by atoms with Gasteiger partial charge in [0.2, 0.25) is 5.91 Å². The number of carbonyl (C=O) groups is 1. The summed E-state index contributed by atoms with van der Waals surface area (Å²) in [4.78, 5) is 29.6. The number of likely N-dealkylation sites (tertiary alicyclic amines) is 1. The molecular formula is C19H28N4O3. The first-order chi connectivity index (χ1) is 12.5. The van der Waals surface area contributed by atoms with Crippen molar-refractivity contribution in [2.45, 2.75) is 45.2 Å². The number of nitro benzene ring substituents is 1. The van der Waals surface area contributed by atoms with Crippen LogP contribution in [-0.2, 0) is 4.79 Å². The molecule has 0 aromatic heterocycles. The number of anilines is 1. The van der Waals surface area contributed by atoms with Gasteiger partial charge in [0.25, 0.3) is 5.69 Å². The Kier molecular flexibility index (Phi) is 5.76. The largest absolute Gasteiger partial charge is 0.369 e. The van der Waals surface area contributed by atoms with Crippen molar-refractivity contribution in [3.63, 3.8) is 0 Å². The van der Waals surface area contributed by atoms with Gasteiger partial charge in [-0.3, -0.25) is 19.8 Å². The Morgan fingerprint density at radius 2 is 1.65 bits per heavy atom. The Balaban J connectivity index is 1.52. The van der Waals surface area contributed by atoms with Crippen molar-refractivity contribution in [1.29, 1.82) is 0 Å². The minimum atomic E-state index is -0.379. The third-order valence-corrected chi connectivity index (χ3v) is 5.64. The van der Waals surface area contributed by atoms with E-state index in [2.05, 4.69) is 28.5 Å².